The van der Waals surface area contributed by atoms with Gasteiger partial charge in [0.1, 0.15) is 11.5 Å². The SMILES string of the molecule is COc1cc(NC(=O)CSc2nnc3ccc(C(=O)Nc4ccc(C)cc4)cn23)cc(OC)c1. The molecule has 2 N–H and O–H groups in total. The van der Waals surface area contributed by atoms with Gasteiger partial charge in [0.05, 0.1) is 25.5 Å². The van der Waals surface area contributed by atoms with E-state index in [4.69, 9.17) is 9.47 Å². The summed E-state index contributed by atoms with van der Waals surface area (Å²) in [5.41, 5.74) is 3.40. The fourth-order valence-corrected chi connectivity index (χ4v) is 3.87. The second-order valence-corrected chi connectivity index (χ2v) is 8.33. The summed E-state index contributed by atoms with van der Waals surface area (Å²) in [7, 11) is 3.09. The van der Waals surface area contributed by atoms with Gasteiger partial charge in [0.25, 0.3) is 5.91 Å². The summed E-state index contributed by atoms with van der Waals surface area (Å²) < 4.78 is 12.1. The highest BCUT2D eigenvalue weighted by Crippen LogP contribution is 2.26. The Balaban J connectivity index is 1.44. The lowest BCUT2D eigenvalue weighted by Gasteiger charge is -2.09. The van der Waals surface area contributed by atoms with Crippen molar-refractivity contribution in [2.24, 2.45) is 0 Å². The predicted octanol–water partition coefficient (Wildman–Crippen LogP) is 4.04. The highest BCUT2D eigenvalue weighted by molar-refractivity contribution is 7.99. The Bertz CT molecular complexity index is 1310. The van der Waals surface area contributed by atoms with Crippen LogP contribution in [0, 0.1) is 6.92 Å². The zero-order valence-corrected chi connectivity index (χ0v) is 19.7. The predicted molar refractivity (Wildman–Crippen MR) is 131 cm³/mol. The van der Waals surface area contributed by atoms with Crippen LogP contribution in [0.4, 0.5) is 11.4 Å². The molecule has 0 bridgehead atoms. The lowest BCUT2D eigenvalue weighted by molar-refractivity contribution is -0.113. The van der Waals surface area contributed by atoms with Crippen LogP contribution < -0.4 is 20.1 Å². The second-order valence-electron chi connectivity index (χ2n) is 7.39. The number of fused-ring (bicyclic) bond motifs is 1. The van der Waals surface area contributed by atoms with Crippen molar-refractivity contribution in [3.05, 3.63) is 71.9 Å². The highest BCUT2D eigenvalue weighted by Gasteiger charge is 2.13. The Morgan fingerprint density at radius 3 is 2.29 bits per heavy atom. The van der Waals surface area contributed by atoms with E-state index in [1.807, 2.05) is 31.2 Å². The van der Waals surface area contributed by atoms with Crippen LogP contribution in [0.25, 0.3) is 5.65 Å². The largest absolute Gasteiger partial charge is 0.497 e. The Kier molecular flexibility index (Phi) is 6.98. The average molecular weight is 478 g/mol. The first-order chi connectivity index (χ1) is 16.4. The number of thioether (sulfide) groups is 1. The number of aromatic nitrogens is 3. The van der Waals surface area contributed by atoms with Crippen molar-refractivity contribution in [2.45, 2.75) is 12.1 Å². The van der Waals surface area contributed by atoms with Crippen LogP contribution in [0.15, 0.2) is 66.0 Å². The van der Waals surface area contributed by atoms with E-state index >= 15 is 0 Å². The number of anilines is 2. The van der Waals surface area contributed by atoms with E-state index in [1.165, 1.54) is 11.8 Å². The molecule has 0 unspecified atom stereocenters. The number of carbonyl (C=O) groups is 2. The minimum absolute atomic E-state index is 0.0973. The lowest BCUT2D eigenvalue weighted by Crippen LogP contribution is -2.15. The van der Waals surface area contributed by atoms with E-state index in [-0.39, 0.29) is 17.6 Å². The number of nitrogens with zero attached hydrogens (tertiary/aromatic N) is 3. The molecular formula is C24H23N5O4S. The summed E-state index contributed by atoms with van der Waals surface area (Å²) in [5, 5.41) is 14.5. The number of pyridine rings is 1. The van der Waals surface area contributed by atoms with E-state index in [0.717, 1.165) is 5.56 Å². The van der Waals surface area contributed by atoms with Crippen LogP contribution in [0.5, 0.6) is 11.5 Å². The van der Waals surface area contributed by atoms with E-state index < -0.39 is 0 Å². The average Bonchev–Trinajstić information content (AvgIpc) is 3.26. The quantitative estimate of drug-likeness (QED) is 0.369. The first-order valence-corrected chi connectivity index (χ1v) is 11.3. The van der Waals surface area contributed by atoms with Crippen LogP contribution in [-0.2, 0) is 4.79 Å². The van der Waals surface area contributed by atoms with Gasteiger partial charge in [0.15, 0.2) is 10.8 Å². The number of nitrogens with one attached hydrogen (secondary N) is 2. The summed E-state index contributed by atoms with van der Waals surface area (Å²) in [6.07, 6.45) is 1.66. The van der Waals surface area contributed by atoms with Crippen molar-refractivity contribution >= 4 is 40.6 Å². The van der Waals surface area contributed by atoms with Gasteiger partial charge < -0.3 is 20.1 Å². The molecule has 0 fully saturated rings. The lowest BCUT2D eigenvalue weighted by atomic mass is 10.2. The molecule has 2 aromatic heterocycles. The third-order valence-corrected chi connectivity index (χ3v) is 5.85. The van der Waals surface area contributed by atoms with Gasteiger partial charge in [-0.3, -0.25) is 14.0 Å². The fourth-order valence-electron chi connectivity index (χ4n) is 3.15. The Morgan fingerprint density at radius 1 is 0.912 bits per heavy atom. The molecule has 4 aromatic rings. The summed E-state index contributed by atoms with van der Waals surface area (Å²) in [5.74, 6) is 0.759. The van der Waals surface area contributed by atoms with Crippen molar-refractivity contribution in [1.29, 1.82) is 0 Å². The smallest absolute Gasteiger partial charge is 0.257 e. The van der Waals surface area contributed by atoms with Crippen molar-refractivity contribution in [3.63, 3.8) is 0 Å². The van der Waals surface area contributed by atoms with Gasteiger partial charge in [0, 0.05) is 35.8 Å². The minimum Gasteiger partial charge on any atom is -0.497 e. The molecule has 9 nitrogen and oxygen atoms in total. The molecular weight excluding hydrogens is 454 g/mol. The van der Waals surface area contributed by atoms with E-state index in [9.17, 15) is 9.59 Å². The van der Waals surface area contributed by atoms with Crippen molar-refractivity contribution < 1.29 is 19.1 Å². The number of benzene rings is 2. The summed E-state index contributed by atoms with van der Waals surface area (Å²) in [4.78, 5) is 25.2. The normalized spacial score (nSPS) is 10.7. The maximum absolute atomic E-state index is 12.7. The number of hydrogen-bond acceptors (Lipinski definition) is 7. The van der Waals surface area contributed by atoms with E-state index in [0.29, 0.717) is 39.2 Å². The summed E-state index contributed by atoms with van der Waals surface area (Å²) >= 11 is 1.21. The molecule has 2 amide bonds. The number of carbonyl (C=O) groups excluding carboxylic acids is 2. The van der Waals surface area contributed by atoms with Gasteiger partial charge in [0.2, 0.25) is 5.91 Å². The van der Waals surface area contributed by atoms with Gasteiger partial charge >= 0.3 is 0 Å². The molecule has 2 heterocycles. The molecule has 0 radical (unpaired) electrons. The maximum atomic E-state index is 12.7. The van der Waals surface area contributed by atoms with Crippen LogP contribution in [0.3, 0.4) is 0 Å². The molecule has 0 saturated carbocycles. The van der Waals surface area contributed by atoms with Gasteiger partial charge in [-0.2, -0.15) is 0 Å². The van der Waals surface area contributed by atoms with Crippen LogP contribution in [-0.4, -0.2) is 46.4 Å². The molecule has 2 aromatic carbocycles. The maximum Gasteiger partial charge on any atom is 0.257 e. The van der Waals surface area contributed by atoms with Crippen molar-refractivity contribution in [2.75, 3.05) is 30.6 Å². The van der Waals surface area contributed by atoms with Gasteiger partial charge in [-0.15, -0.1) is 10.2 Å². The molecule has 0 atom stereocenters. The zero-order chi connectivity index (χ0) is 24.1. The molecule has 10 heteroatoms. The number of rotatable bonds is 8. The number of hydrogen-bond donors (Lipinski definition) is 2. The van der Waals surface area contributed by atoms with Crippen LogP contribution in [0.2, 0.25) is 0 Å². The highest BCUT2D eigenvalue weighted by atomic mass is 32.2. The third kappa shape index (κ3) is 5.46. The van der Waals surface area contributed by atoms with Gasteiger partial charge in [-0.25, -0.2) is 0 Å². The zero-order valence-electron chi connectivity index (χ0n) is 18.9. The first kappa shape index (κ1) is 23.1. The molecule has 0 aliphatic rings. The van der Waals surface area contributed by atoms with Crippen LogP contribution >= 0.6 is 11.8 Å². The van der Waals surface area contributed by atoms with E-state index in [1.54, 1.807) is 55.1 Å². The first-order valence-electron chi connectivity index (χ1n) is 10.3. The molecule has 0 aliphatic heterocycles. The number of aryl methyl sites for hydroxylation is 1. The van der Waals surface area contributed by atoms with Gasteiger partial charge in [-0.1, -0.05) is 29.5 Å². The molecule has 174 valence electrons. The molecule has 0 saturated heterocycles. The Hall–Kier alpha value is -4.05. The van der Waals surface area contributed by atoms with Crippen molar-refractivity contribution in [1.82, 2.24) is 14.6 Å². The number of ether oxygens (including phenoxy) is 2. The molecule has 4 rings (SSSR count). The summed E-state index contributed by atoms with van der Waals surface area (Å²) in [6.45, 7) is 1.98. The number of methoxy groups -OCH3 is 2. The standard InChI is InChI=1S/C24H23N5O4S/c1-15-4-7-17(8-5-15)26-23(31)16-6-9-21-27-28-24(29(21)13-16)34-14-22(30)25-18-10-19(32-2)12-20(11-18)33-3/h4-13H,14H2,1-3H3,(H,25,30)(H,26,31). The Labute approximate surface area is 200 Å². The second kappa shape index (κ2) is 10.3. The van der Waals surface area contributed by atoms with Crippen LogP contribution in [0.1, 0.15) is 15.9 Å². The minimum atomic E-state index is -0.250. The van der Waals surface area contributed by atoms with Crippen molar-refractivity contribution in [3.8, 4) is 11.5 Å². The van der Waals surface area contributed by atoms with Gasteiger partial charge in [-0.05, 0) is 31.2 Å². The monoisotopic (exact) mass is 477 g/mol. The Morgan fingerprint density at radius 2 is 1.62 bits per heavy atom. The topological polar surface area (TPSA) is 107 Å². The molecule has 0 spiro atoms. The van der Waals surface area contributed by atoms with E-state index in [2.05, 4.69) is 20.8 Å². The third-order valence-electron chi connectivity index (χ3n) is 4.91. The fraction of sp³-hybridized carbons (Fsp3) is 0.167. The molecule has 34 heavy (non-hydrogen) atoms. The number of amides is 2. The summed E-state index contributed by atoms with van der Waals surface area (Å²) in [6, 6.07) is 16.1. The molecule has 0 aliphatic carbocycles.